The van der Waals surface area contributed by atoms with E-state index >= 15 is 0 Å². The van der Waals surface area contributed by atoms with Gasteiger partial charge in [-0.3, -0.25) is 11.3 Å². The van der Waals surface area contributed by atoms with Crippen LogP contribution in [0.4, 0.5) is 0 Å². The number of hydrazine groups is 1. The minimum atomic E-state index is 0.183. The Morgan fingerprint density at radius 3 is 2.65 bits per heavy atom. The Kier molecular flexibility index (Phi) is 6.37. The first-order valence-electron chi connectivity index (χ1n) is 6.51. The first-order chi connectivity index (χ1) is 8.04. The van der Waals surface area contributed by atoms with Crippen molar-refractivity contribution in [3.05, 3.63) is 0 Å². The molecular weight excluding hydrogens is 216 g/mol. The summed E-state index contributed by atoms with van der Waals surface area (Å²) in [5.74, 6) is 5.67. The molecule has 0 saturated carbocycles. The molecule has 2 unspecified atom stereocenters. The molecule has 0 aromatic rings. The van der Waals surface area contributed by atoms with E-state index in [0.29, 0.717) is 12.6 Å². The van der Waals surface area contributed by atoms with Crippen LogP contribution < -0.4 is 11.3 Å². The fraction of sp³-hybridized carbons (Fsp3) is 1.00. The molecule has 1 aliphatic rings. The van der Waals surface area contributed by atoms with Crippen molar-refractivity contribution in [3.8, 4) is 0 Å². The molecule has 1 heterocycles. The Morgan fingerprint density at radius 1 is 1.35 bits per heavy atom. The normalized spacial score (nSPS) is 26.1. The van der Waals surface area contributed by atoms with Gasteiger partial charge >= 0.3 is 0 Å². The van der Waals surface area contributed by atoms with E-state index in [1.54, 1.807) is 0 Å². The molecule has 0 bridgehead atoms. The summed E-state index contributed by atoms with van der Waals surface area (Å²) in [6.07, 6.45) is 1.46. The quantitative estimate of drug-likeness (QED) is 0.522. The third-order valence-electron chi connectivity index (χ3n) is 3.40. The lowest BCUT2D eigenvalue weighted by Gasteiger charge is -2.34. The van der Waals surface area contributed by atoms with Crippen molar-refractivity contribution in [1.82, 2.24) is 15.2 Å². The monoisotopic (exact) mass is 244 g/mol. The summed E-state index contributed by atoms with van der Waals surface area (Å²) in [6.45, 7) is 8.08. The van der Waals surface area contributed by atoms with Gasteiger partial charge in [0.25, 0.3) is 0 Å². The maximum atomic E-state index is 5.68. The Balaban J connectivity index is 2.56. The zero-order valence-electron chi connectivity index (χ0n) is 11.6. The molecule has 0 radical (unpaired) electrons. The Labute approximate surface area is 105 Å². The molecule has 2 atom stereocenters. The molecule has 0 amide bonds. The van der Waals surface area contributed by atoms with Crippen molar-refractivity contribution in [2.24, 2.45) is 5.84 Å². The highest BCUT2D eigenvalue weighted by Crippen LogP contribution is 2.11. The number of nitrogens with one attached hydrogen (secondary N) is 1. The van der Waals surface area contributed by atoms with Crippen LogP contribution in [-0.4, -0.2) is 68.3 Å². The fourth-order valence-electron chi connectivity index (χ4n) is 2.31. The van der Waals surface area contributed by atoms with Crippen LogP contribution in [0, 0.1) is 0 Å². The van der Waals surface area contributed by atoms with Crippen LogP contribution in [0.15, 0.2) is 0 Å². The summed E-state index contributed by atoms with van der Waals surface area (Å²) in [5.41, 5.74) is 2.91. The minimum absolute atomic E-state index is 0.183. The highest BCUT2D eigenvalue weighted by Gasteiger charge is 2.28. The highest BCUT2D eigenvalue weighted by atomic mass is 16.5. The van der Waals surface area contributed by atoms with E-state index in [1.807, 2.05) is 0 Å². The van der Waals surface area contributed by atoms with Gasteiger partial charge in [-0.2, -0.15) is 0 Å². The van der Waals surface area contributed by atoms with E-state index in [0.717, 1.165) is 19.6 Å². The number of nitrogens with zero attached hydrogens (tertiary/aromatic N) is 2. The topological polar surface area (TPSA) is 53.8 Å². The zero-order valence-corrected chi connectivity index (χ0v) is 11.6. The largest absolute Gasteiger partial charge is 0.377 e. The predicted molar refractivity (Wildman–Crippen MR) is 70.7 cm³/mol. The molecule has 0 spiro atoms. The molecular formula is C12H28N4O. The molecule has 1 rings (SSSR count). The van der Waals surface area contributed by atoms with Crippen molar-refractivity contribution >= 4 is 0 Å². The van der Waals surface area contributed by atoms with Crippen LogP contribution in [0.2, 0.25) is 0 Å². The van der Waals surface area contributed by atoms with Crippen molar-refractivity contribution < 1.29 is 4.74 Å². The lowest BCUT2D eigenvalue weighted by atomic mass is 10.1. The lowest BCUT2D eigenvalue weighted by Crippen LogP contribution is -2.56. The van der Waals surface area contributed by atoms with Crippen molar-refractivity contribution in [2.75, 3.05) is 40.3 Å². The number of likely N-dealkylation sites (N-methyl/N-ethyl adjacent to an activating group) is 2. The van der Waals surface area contributed by atoms with Gasteiger partial charge in [-0.1, -0.05) is 0 Å². The molecule has 1 aliphatic heterocycles. The molecule has 0 aliphatic carbocycles. The summed E-state index contributed by atoms with van der Waals surface area (Å²) in [6, 6.07) is 0.592. The van der Waals surface area contributed by atoms with E-state index < -0.39 is 0 Å². The van der Waals surface area contributed by atoms with Gasteiger partial charge in [0.05, 0.1) is 18.8 Å². The highest BCUT2D eigenvalue weighted by molar-refractivity contribution is 4.86. The van der Waals surface area contributed by atoms with Gasteiger partial charge in [0, 0.05) is 12.6 Å². The van der Waals surface area contributed by atoms with Gasteiger partial charge in [-0.05, 0) is 47.5 Å². The van der Waals surface area contributed by atoms with E-state index in [9.17, 15) is 0 Å². The maximum absolute atomic E-state index is 5.68. The van der Waals surface area contributed by atoms with Gasteiger partial charge in [0.1, 0.15) is 0 Å². The second-order valence-corrected chi connectivity index (χ2v) is 5.32. The minimum Gasteiger partial charge on any atom is -0.377 e. The third kappa shape index (κ3) is 4.89. The van der Waals surface area contributed by atoms with Gasteiger partial charge in [-0.25, -0.2) is 0 Å². The first kappa shape index (κ1) is 14.9. The summed E-state index contributed by atoms with van der Waals surface area (Å²) in [5, 5.41) is 0. The van der Waals surface area contributed by atoms with Gasteiger partial charge in [0.15, 0.2) is 0 Å². The van der Waals surface area contributed by atoms with Crippen LogP contribution in [0.1, 0.15) is 20.3 Å². The Hall–Kier alpha value is -0.200. The SMILES string of the molecule is CC(C)OCC(NN)C1CN(C)CCCN1C. The summed E-state index contributed by atoms with van der Waals surface area (Å²) in [4.78, 5) is 4.76. The maximum Gasteiger partial charge on any atom is 0.0652 e. The summed E-state index contributed by atoms with van der Waals surface area (Å²) in [7, 11) is 4.34. The number of rotatable bonds is 5. The van der Waals surface area contributed by atoms with Gasteiger partial charge < -0.3 is 14.5 Å². The number of ether oxygens (including phenoxy) is 1. The predicted octanol–water partition coefficient (Wildman–Crippen LogP) is -0.121. The van der Waals surface area contributed by atoms with Gasteiger partial charge in [0.2, 0.25) is 0 Å². The third-order valence-corrected chi connectivity index (χ3v) is 3.40. The Morgan fingerprint density at radius 2 is 2.06 bits per heavy atom. The van der Waals surface area contributed by atoms with E-state index in [2.05, 4.69) is 43.2 Å². The molecule has 1 saturated heterocycles. The summed E-state index contributed by atoms with van der Waals surface area (Å²) >= 11 is 0. The smallest absolute Gasteiger partial charge is 0.0652 e. The zero-order chi connectivity index (χ0) is 12.8. The lowest BCUT2D eigenvalue weighted by molar-refractivity contribution is 0.0359. The van der Waals surface area contributed by atoms with Crippen molar-refractivity contribution in [2.45, 2.75) is 38.5 Å². The van der Waals surface area contributed by atoms with Crippen LogP contribution in [0.5, 0.6) is 0 Å². The van der Waals surface area contributed by atoms with Gasteiger partial charge in [-0.15, -0.1) is 0 Å². The van der Waals surface area contributed by atoms with E-state index in [4.69, 9.17) is 10.6 Å². The molecule has 5 nitrogen and oxygen atoms in total. The summed E-state index contributed by atoms with van der Waals surface area (Å²) < 4.78 is 5.68. The Bertz CT molecular complexity index is 213. The average molecular weight is 244 g/mol. The molecule has 17 heavy (non-hydrogen) atoms. The molecule has 5 heteroatoms. The van der Waals surface area contributed by atoms with Crippen LogP contribution >= 0.6 is 0 Å². The standard InChI is InChI=1S/C12H28N4O/c1-10(2)17-9-11(14-13)12-8-15(3)6-5-7-16(12)4/h10-12,14H,5-9,13H2,1-4H3. The van der Waals surface area contributed by atoms with Crippen molar-refractivity contribution in [3.63, 3.8) is 0 Å². The molecule has 3 N–H and O–H groups in total. The number of nitrogens with two attached hydrogens (primary N) is 1. The van der Waals surface area contributed by atoms with Crippen LogP contribution in [-0.2, 0) is 4.74 Å². The molecule has 0 aromatic carbocycles. The number of hydrogen-bond donors (Lipinski definition) is 2. The molecule has 1 fully saturated rings. The second kappa shape index (κ2) is 7.28. The molecule has 0 aromatic heterocycles. The average Bonchev–Trinajstić information content (AvgIpc) is 2.42. The fourth-order valence-corrected chi connectivity index (χ4v) is 2.31. The first-order valence-corrected chi connectivity index (χ1v) is 6.51. The number of hydrogen-bond acceptors (Lipinski definition) is 5. The molecule has 102 valence electrons. The second-order valence-electron chi connectivity index (χ2n) is 5.32. The van der Waals surface area contributed by atoms with E-state index in [-0.39, 0.29) is 12.1 Å². The van der Waals surface area contributed by atoms with E-state index in [1.165, 1.54) is 6.42 Å². The van der Waals surface area contributed by atoms with Crippen LogP contribution in [0.3, 0.4) is 0 Å². The van der Waals surface area contributed by atoms with Crippen LogP contribution in [0.25, 0.3) is 0 Å². The van der Waals surface area contributed by atoms with Crippen molar-refractivity contribution in [1.29, 1.82) is 0 Å².